The second-order valence-electron chi connectivity index (χ2n) is 5.78. The Morgan fingerprint density at radius 2 is 1.68 bits per heavy atom. The van der Waals surface area contributed by atoms with Crippen LogP contribution < -0.4 is 15.5 Å². The average molecular weight is 381 g/mol. The molecule has 0 aliphatic carbocycles. The summed E-state index contributed by atoms with van der Waals surface area (Å²) in [7, 11) is 1.80. The Kier molecular flexibility index (Phi) is 6.82. The van der Waals surface area contributed by atoms with Crippen LogP contribution in [0.3, 0.4) is 0 Å². The topological polar surface area (TPSA) is 62.6 Å². The fourth-order valence-corrected chi connectivity index (χ4v) is 2.48. The lowest BCUT2D eigenvalue weighted by atomic mass is 10.2. The van der Waals surface area contributed by atoms with Crippen molar-refractivity contribution in [2.75, 3.05) is 24.2 Å². The molecule has 0 aliphatic rings. The Labute approximate surface area is 156 Å². The molecule has 0 bridgehead atoms. The van der Waals surface area contributed by atoms with E-state index in [9.17, 15) is 9.59 Å². The molecule has 0 saturated carbocycles. The molecule has 2 aromatic carbocycles. The van der Waals surface area contributed by atoms with E-state index in [1.54, 1.807) is 32.2 Å². The maximum atomic E-state index is 12.3. The van der Waals surface area contributed by atoms with Crippen molar-refractivity contribution in [3.8, 4) is 0 Å². The van der Waals surface area contributed by atoms with Gasteiger partial charge in [0.2, 0.25) is 0 Å². The second kappa shape index (κ2) is 8.85. The van der Waals surface area contributed by atoms with Gasteiger partial charge >= 0.3 is 0 Å². The fraction of sp³-hybridized carbons (Fsp3) is 0.222. The Balaban J connectivity index is 1.88. The van der Waals surface area contributed by atoms with Crippen molar-refractivity contribution in [1.82, 2.24) is 0 Å². The Hall–Kier alpha value is -2.08. The summed E-state index contributed by atoms with van der Waals surface area (Å²) in [6.07, 6.45) is 0. The van der Waals surface area contributed by atoms with Crippen molar-refractivity contribution >= 4 is 46.4 Å². The third-order valence-corrected chi connectivity index (χ3v) is 4.56. The fourth-order valence-electron chi connectivity index (χ4n) is 2.18. The number of rotatable bonds is 6. The summed E-state index contributed by atoms with van der Waals surface area (Å²) in [5, 5.41) is 6.38. The minimum absolute atomic E-state index is 0.142. The molecule has 2 atom stereocenters. The number of hydrogen-bond acceptors (Lipinski definition) is 2. The molecule has 2 amide bonds. The van der Waals surface area contributed by atoms with Gasteiger partial charge in [-0.05, 0) is 37.3 Å². The molecule has 1 unspecified atom stereocenters. The Morgan fingerprint density at radius 3 is 2.32 bits per heavy atom. The van der Waals surface area contributed by atoms with Crippen molar-refractivity contribution in [2.24, 2.45) is 0 Å². The molecule has 0 aliphatic heterocycles. The van der Waals surface area contributed by atoms with Crippen LogP contribution in [0.25, 0.3) is 0 Å². The van der Waals surface area contributed by atoms with Crippen LogP contribution in [0.1, 0.15) is 6.92 Å². The van der Waals surface area contributed by atoms with Gasteiger partial charge in [-0.3, -0.25) is 9.59 Å². The largest absolute Gasteiger partial charge is 0.321 e. The normalized spacial score (nSPS) is 13.0. The van der Waals surface area contributed by atoms with Gasteiger partial charge in [0.15, 0.2) is 12.6 Å². The van der Waals surface area contributed by atoms with Crippen molar-refractivity contribution in [1.29, 1.82) is 0 Å². The lowest BCUT2D eigenvalue weighted by molar-refractivity contribution is -0.885. The summed E-state index contributed by atoms with van der Waals surface area (Å²) >= 11 is 11.8. The van der Waals surface area contributed by atoms with Crippen molar-refractivity contribution in [2.45, 2.75) is 13.0 Å². The van der Waals surface area contributed by atoms with Gasteiger partial charge in [-0.25, -0.2) is 0 Å². The average Bonchev–Trinajstić information content (AvgIpc) is 2.58. The van der Waals surface area contributed by atoms with Crippen molar-refractivity contribution in [3.63, 3.8) is 0 Å². The first kappa shape index (κ1) is 19.2. The minimum atomic E-state index is -0.389. The predicted molar refractivity (Wildman–Crippen MR) is 101 cm³/mol. The molecule has 0 fully saturated rings. The highest BCUT2D eigenvalue weighted by atomic mass is 35.5. The maximum Gasteiger partial charge on any atom is 0.282 e. The van der Waals surface area contributed by atoms with E-state index in [2.05, 4.69) is 10.6 Å². The summed E-state index contributed by atoms with van der Waals surface area (Å²) in [5.74, 6) is -0.360. The highest BCUT2D eigenvalue weighted by molar-refractivity contribution is 6.42. The molecule has 0 heterocycles. The van der Waals surface area contributed by atoms with Crippen LogP contribution in [-0.4, -0.2) is 31.4 Å². The van der Waals surface area contributed by atoms with Crippen LogP contribution >= 0.6 is 23.2 Å². The van der Waals surface area contributed by atoms with Gasteiger partial charge in [0.1, 0.15) is 0 Å². The van der Waals surface area contributed by atoms with Gasteiger partial charge in [-0.2, -0.15) is 0 Å². The molecule has 0 saturated heterocycles. The first-order valence-corrected chi connectivity index (χ1v) is 8.55. The van der Waals surface area contributed by atoms with E-state index >= 15 is 0 Å². The molecule has 0 spiro atoms. The number of hydrogen-bond donors (Lipinski definition) is 3. The molecule has 2 aromatic rings. The van der Waals surface area contributed by atoms with E-state index in [0.717, 1.165) is 10.6 Å². The van der Waals surface area contributed by atoms with Crippen molar-refractivity contribution in [3.05, 3.63) is 58.6 Å². The van der Waals surface area contributed by atoms with Crippen LogP contribution in [0.2, 0.25) is 10.0 Å². The van der Waals surface area contributed by atoms with Gasteiger partial charge in [0.05, 0.1) is 17.1 Å². The number of benzene rings is 2. The van der Waals surface area contributed by atoms with Gasteiger partial charge in [0.25, 0.3) is 11.8 Å². The third-order valence-electron chi connectivity index (χ3n) is 3.82. The molecule has 0 radical (unpaired) electrons. The minimum Gasteiger partial charge on any atom is -0.321 e. The Morgan fingerprint density at radius 1 is 1.00 bits per heavy atom. The molecule has 0 aromatic heterocycles. The molecule has 7 heteroatoms. The van der Waals surface area contributed by atoms with Crippen molar-refractivity contribution < 1.29 is 14.5 Å². The summed E-state index contributed by atoms with van der Waals surface area (Å²) in [4.78, 5) is 25.2. The molecule has 3 N–H and O–H groups in total. The summed E-state index contributed by atoms with van der Waals surface area (Å²) in [5.41, 5.74) is 1.29. The zero-order chi connectivity index (χ0) is 18.4. The van der Waals surface area contributed by atoms with Gasteiger partial charge in [-0.15, -0.1) is 0 Å². The molecule has 5 nitrogen and oxygen atoms in total. The summed E-state index contributed by atoms with van der Waals surface area (Å²) in [6.45, 7) is 1.92. The predicted octanol–water partition coefficient (Wildman–Crippen LogP) is 2.47. The molecule has 25 heavy (non-hydrogen) atoms. The number of likely N-dealkylation sites (N-methyl/N-ethyl adjacent to an activating group) is 1. The zero-order valence-electron chi connectivity index (χ0n) is 14.0. The van der Waals surface area contributed by atoms with E-state index in [-0.39, 0.29) is 24.4 Å². The van der Waals surface area contributed by atoms with Gasteiger partial charge in [0, 0.05) is 11.4 Å². The molecular weight excluding hydrogens is 361 g/mol. The number of anilines is 2. The molecule has 2 rings (SSSR count). The summed E-state index contributed by atoms with van der Waals surface area (Å²) in [6, 6.07) is 13.7. The van der Waals surface area contributed by atoms with Crippen LogP contribution in [0.15, 0.2) is 48.5 Å². The SMILES string of the molecule is C[C@H](C(=O)Nc1ccccc1)[NH+](C)CC(=O)Nc1ccc(Cl)c(Cl)c1. The lowest BCUT2D eigenvalue weighted by Gasteiger charge is -2.20. The third kappa shape index (κ3) is 5.74. The number of quaternary nitrogens is 1. The van der Waals surface area contributed by atoms with Crippen LogP contribution in [0, 0.1) is 0 Å². The number of carbonyl (C=O) groups is 2. The van der Waals surface area contributed by atoms with Gasteiger partial charge < -0.3 is 15.5 Å². The van der Waals surface area contributed by atoms with E-state index in [4.69, 9.17) is 23.2 Å². The van der Waals surface area contributed by atoms with E-state index in [1.165, 1.54) is 0 Å². The van der Waals surface area contributed by atoms with E-state index in [0.29, 0.717) is 15.7 Å². The smallest absolute Gasteiger partial charge is 0.282 e. The molecular formula is C18H20Cl2N3O2+. The summed E-state index contributed by atoms with van der Waals surface area (Å²) < 4.78 is 0. The standard InChI is InChI=1S/C18H19Cl2N3O2/c1-12(18(25)22-13-6-4-3-5-7-13)23(2)11-17(24)21-14-8-9-15(19)16(20)10-14/h3-10,12H,11H2,1-2H3,(H,21,24)(H,22,25)/p+1/t12-/m1/s1. The second-order valence-corrected chi connectivity index (χ2v) is 6.59. The van der Waals surface area contributed by atoms with Crippen LogP contribution in [0.4, 0.5) is 11.4 Å². The number of nitrogens with one attached hydrogen (secondary N) is 3. The monoisotopic (exact) mass is 380 g/mol. The van der Waals surface area contributed by atoms with E-state index in [1.807, 2.05) is 30.3 Å². The highest BCUT2D eigenvalue weighted by Crippen LogP contribution is 2.24. The zero-order valence-corrected chi connectivity index (χ0v) is 15.5. The number of para-hydroxylation sites is 1. The lowest BCUT2D eigenvalue weighted by Crippen LogP contribution is -3.14. The van der Waals surface area contributed by atoms with Crippen LogP contribution in [0.5, 0.6) is 0 Å². The highest BCUT2D eigenvalue weighted by Gasteiger charge is 2.24. The van der Waals surface area contributed by atoms with Gasteiger partial charge in [-0.1, -0.05) is 41.4 Å². The van der Waals surface area contributed by atoms with Crippen LogP contribution in [-0.2, 0) is 9.59 Å². The quantitative estimate of drug-likeness (QED) is 0.720. The van der Waals surface area contributed by atoms with E-state index < -0.39 is 0 Å². The first-order valence-electron chi connectivity index (χ1n) is 7.80. The first-order chi connectivity index (χ1) is 11.9. The number of carbonyl (C=O) groups excluding carboxylic acids is 2. The number of halogens is 2. The maximum absolute atomic E-state index is 12.3. The molecule has 132 valence electrons. The number of amides is 2. The Bertz CT molecular complexity index is 753.